The van der Waals surface area contributed by atoms with Crippen LogP contribution in [0.4, 0.5) is 16.3 Å². The van der Waals surface area contributed by atoms with Gasteiger partial charge in [0.2, 0.25) is 0 Å². The number of rotatable bonds is 2. The van der Waals surface area contributed by atoms with Crippen LogP contribution < -0.4 is 15.0 Å². The van der Waals surface area contributed by atoms with Gasteiger partial charge >= 0.3 is 6.03 Å². The van der Waals surface area contributed by atoms with E-state index in [0.717, 1.165) is 31.6 Å². The molecule has 3 heterocycles. The lowest BCUT2D eigenvalue weighted by atomic mass is 10.1. The fourth-order valence-corrected chi connectivity index (χ4v) is 3.93. The number of urea groups is 1. The average Bonchev–Trinajstić information content (AvgIpc) is 2.84. The van der Waals surface area contributed by atoms with E-state index in [-0.39, 0.29) is 6.03 Å². The maximum atomic E-state index is 12.9. The van der Waals surface area contributed by atoms with Crippen LogP contribution >= 0.6 is 0 Å². The summed E-state index contributed by atoms with van der Waals surface area (Å²) >= 11 is 0. The van der Waals surface area contributed by atoms with E-state index in [9.17, 15) is 4.79 Å². The molecular weight excluding hydrogens is 328 g/mol. The molecule has 1 atom stereocenters. The number of ether oxygens (including phenoxy) is 1. The second-order valence-corrected chi connectivity index (χ2v) is 6.91. The second-order valence-electron chi connectivity index (χ2n) is 6.91. The van der Waals surface area contributed by atoms with Crippen molar-refractivity contribution < 1.29 is 9.53 Å². The van der Waals surface area contributed by atoms with Gasteiger partial charge in [0.1, 0.15) is 0 Å². The number of para-hydroxylation sites is 1. The van der Waals surface area contributed by atoms with Crippen LogP contribution in [0.2, 0.25) is 0 Å². The molecule has 2 aromatic rings. The summed E-state index contributed by atoms with van der Waals surface area (Å²) in [5, 5.41) is 2.93. The summed E-state index contributed by atoms with van der Waals surface area (Å²) in [6.07, 6.45) is 1.95. The number of methoxy groups -OCH3 is 1. The number of aromatic nitrogens is 1. The van der Waals surface area contributed by atoms with Crippen molar-refractivity contribution in [1.29, 1.82) is 0 Å². The van der Waals surface area contributed by atoms with Crippen LogP contribution in [0.5, 0.6) is 5.75 Å². The number of hydrogen-bond donors (Lipinski definition) is 1. The number of carbonyl (C=O) groups is 1. The first kappa shape index (κ1) is 16.7. The van der Waals surface area contributed by atoms with E-state index in [0.29, 0.717) is 24.2 Å². The van der Waals surface area contributed by atoms with E-state index in [1.54, 1.807) is 7.11 Å². The van der Waals surface area contributed by atoms with Gasteiger partial charge in [0, 0.05) is 31.0 Å². The highest BCUT2D eigenvalue weighted by Crippen LogP contribution is 2.33. The Morgan fingerprint density at radius 2 is 2.08 bits per heavy atom. The quantitative estimate of drug-likeness (QED) is 0.902. The van der Waals surface area contributed by atoms with Gasteiger partial charge in [-0.15, -0.1) is 0 Å². The summed E-state index contributed by atoms with van der Waals surface area (Å²) in [6, 6.07) is 12.5. The zero-order valence-electron chi connectivity index (χ0n) is 15.2. The molecule has 0 aliphatic carbocycles. The van der Waals surface area contributed by atoms with Gasteiger partial charge in [0.25, 0.3) is 0 Å². The maximum Gasteiger partial charge on any atom is 0.323 e. The van der Waals surface area contributed by atoms with Crippen molar-refractivity contribution in [3.8, 4) is 5.75 Å². The summed E-state index contributed by atoms with van der Waals surface area (Å²) in [7, 11) is 1.58. The van der Waals surface area contributed by atoms with Crippen LogP contribution in [0.1, 0.15) is 17.7 Å². The van der Waals surface area contributed by atoms with E-state index in [4.69, 9.17) is 4.74 Å². The fraction of sp³-hybridized carbons (Fsp3) is 0.400. The van der Waals surface area contributed by atoms with Crippen LogP contribution in [0.3, 0.4) is 0 Å². The number of benzene rings is 1. The largest absolute Gasteiger partial charge is 0.493 e. The first-order valence-corrected chi connectivity index (χ1v) is 9.08. The van der Waals surface area contributed by atoms with Gasteiger partial charge < -0.3 is 14.5 Å². The van der Waals surface area contributed by atoms with Crippen molar-refractivity contribution >= 4 is 17.5 Å². The first-order valence-electron chi connectivity index (χ1n) is 9.08. The topological polar surface area (TPSA) is 57.7 Å². The molecule has 1 unspecified atom stereocenters. The summed E-state index contributed by atoms with van der Waals surface area (Å²) < 4.78 is 5.32. The van der Waals surface area contributed by atoms with E-state index < -0.39 is 0 Å². The molecule has 0 spiro atoms. The predicted molar refractivity (Wildman–Crippen MR) is 102 cm³/mol. The number of hydrogen-bond acceptors (Lipinski definition) is 4. The van der Waals surface area contributed by atoms with Gasteiger partial charge in [-0.2, -0.15) is 0 Å². The van der Waals surface area contributed by atoms with Crippen LogP contribution in [0.15, 0.2) is 36.4 Å². The lowest BCUT2D eigenvalue weighted by Gasteiger charge is -2.27. The number of anilines is 2. The SMILES string of the molecule is COc1ccc(C)nc1NC(=O)N1CCCN2c3ccccc3CC2C1. The van der Waals surface area contributed by atoms with Crippen molar-refractivity contribution in [2.45, 2.75) is 25.8 Å². The highest BCUT2D eigenvalue weighted by molar-refractivity contribution is 5.90. The smallest absolute Gasteiger partial charge is 0.323 e. The molecular formula is C20H24N4O2. The molecule has 0 radical (unpaired) electrons. The molecule has 6 heteroatoms. The van der Waals surface area contributed by atoms with Gasteiger partial charge in [-0.05, 0) is 43.5 Å². The molecule has 0 bridgehead atoms. The molecule has 136 valence electrons. The third-order valence-corrected chi connectivity index (χ3v) is 5.19. The first-order chi connectivity index (χ1) is 12.7. The minimum absolute atomic E-state index is 0.112. The monoisotopic (exact) mass is 352 g/mol. The minimum Gasteiger partial charge on any atom is -0.493 e. The Kier molecular flexibility index (Phi) is 4.41. The Balaban J connectivity index is 1.49. The second kappa shape index (κ2) is 6.86. The average molecular weight is 352 g/mol. The molecule has 1 fully saturated rings. The van der Waals surface area contributed by atoms with Crippen LogP contribution in [-0.4, -0.2) is 48.7 Å². The van der Waals surface area contributed by atoms with Crippen molar-refractivity contribution in [1.82, 2.24) is 9.88 Å². The van der Waals surface area contributed by atoms with Crippen molar-refractivity contribution in [3.05, 3.63) is 47.7 Å². The molecule has 1 N–H and O–H groups in total. The molecule has 4 rings (SSSR count). The molecule has 2 aliphatic heterocycles. The highest BCUT2D eigenvalue weighted by Gasteiger charge is 2.33. The lowest BCUT2D eigenvalue weighted by molar-refractivity contribution is 0.211. The van der Waals surface area contributed by atoms with Crippen molar-refractivity contribution in [2.75, 3.05) is 37.0 Å². The fourth-order valence-electron chi connectivity index (χ4n) is 3.93. The zero-order valence-corrected chi connectivity index (χ0v) is 15.2. The molecule has 0 saturated carbocycles. The zero-order chi connectivity index (χ0) is 18.1. The molecule has 1 saturated heterocycles. The molecule has 1 aromatic carbocycles. The number of aryl methyl sites for hydroxylation is 1. The molecule has 2 aliphatic rings. The lowest BCUT2D eigenvalue weighted by Crippen LogP contribution is -2.43. The molecule has 1 aromatic heterocycles. The van der Waals surface area contributed by atoms with Crippen LogP contribution in [-0.2, 0) is 6.42 Å². The Morgan fingerprint density at radius 3 is 2.92 bits per heavy atom. The van der Waals surface area contributed by atoms with E-state index in [2.05, 4.69) is 39.5 Å². The van der Waals surface area contributed by atoms with Crippen molar-refractivity contribution in [3.63, 3.8) is 0 Å². The van der Waals surface area contributed by atoms with Crippen LogP contribution in [0.25, 0.3) is 0 Å². The third kappa shape index (κ3) is 3.07. The van der Waals surface area contributed by atoms with Gasteiger partial charge in [-0.1, -0.05) is 18.2 Å². The number of carbonyl (C=O) groups excluding carboxylic acids is 1. The highest BCUT2D eigenvalue weighted by atomic mass is 16.5. The maximum absolute atomic E-state index is 12.9. The summed E-state index contributed by atoms with van der Waals surface area (Å²) in [6.45, 7) is 4.34. The van der Waals surface area contributed by atoms with E-state index in [1.807, 2.05) is 24.0 Å². The van der Waals surface area contributed by atoms with E-state index >= 15 is 0 Å². The van der Waals surface area contributed by atoms with Gasteiger partial charge in [-0.3, -0.25) is 5.32 Å². The molecule has 26 heavy (non-hydrogen) atoms. The minimum atomic E-state index is -0.112. The Labute approximate surface area is 153 Å². The molecule has 2 amide bonds. The normalized spacial score (nSPS) is 18.8. The Morgan fingerprint density at radius 1 is 1.23 bits per heavy atom. The molecule has 6 nitrogen and oxygen atoms in total. The summed E-state index contributed by atoms with van der Waals surface area (Å²) in [4.78, 5) is 21.6. The Hall–Kier alpha value is -2.76. The number of nitrogens with zero attached hydrogens (tertiary/aromatic N) is 3. The summed E-state index contributed by atoms with van der Waals surface area (Å²) in [5.74, 6) is 1.06. The number of amides is 2. The predicted octanol–water partition coefficient (Wildman–Crippen LogP) is 3.07. The number of nitrogens with one attached hydrogen (secondary N) is 1. The van der Waals surface area contributed by atoms with E-state index in [1.165, 1.54) is 11.3 Å². The third-order valence-electron chi connectivity index (χ3n) is 5.19. The van der Waals surface area contributed by atoms with Gasteiger partial charge in [0.05, 0.1) is 13.2 Å². The van der Waals surface area contributed by atoms with Gasteiger partial charge in [-0.25, -0.2) is 9.78 Å². The van der Waals surface area contributed by atoms with Crippen molar-refractivity contribution in [2.24, 2.45) is 0 Å². The number of pyridine rings is 1. The standard InChI is InChI=1S/C20H24N4O2/c1-14-8-9-18(26-2)19(21-14)22-20(25)23-10-5-11-24-16(13-23)12-15-6-3-4-7-17(15)24/h3-4,6-9,16H,5,10-13H2,1-2H3,(H,21,22,25). The van der Waals surface area contributed by atoms with Gasteiger partial charge in [0.15, 0.2) is 11.6 Å². The Bertz CT molecular complexity index is 823. The van der Waals surface area contributed by atoms with Crippen LogP contribution in [0, 0.1) is 6.92 Å². The summed E-state index contributed by atoms with van der Waals surface area (Å²) in [5.41, 5.74) is 3.54. The number of fused-ring (bicyclic) bond motifs is 3.